The molecule has 160 valence electrons. The third kappa shape index (κ3) is 5.75. The van der Waals surface area contributed by atoms with E-state index in [9.17, 15) is 14.4 Å². The lowest BCUT2D eigenvalue weighted by molar-refractivity contribution is -0.116. The van der Waals surface area contributed by atoms with Crippen LogP contribution in [0.1, 0.15) is 23.7 Å². The minimum absolute atomic E-state index is 0.0227. The molecule has 8 heteroatoms. The lowest BCUT2D eigenvalue weighted by atomic mass is 10.1. The van der Waals surface area contributed by atoms with Crippen molar-refractivity contribution < 1.29 is 9.59 Å². The van der Waals surface area contributed by atoms with E-state index in [0.29, 0.717) is 34.4 Å². The average molecular weight is 458 g/mol. The summed E-state index contributed by atoms with van der Waals surface area (Å²) in [6.45, 7) is 1.99. The molecular weight excluding hydrogens is 437 g/mol. The van der Waals surface area contributed by atoms with E-state index >= 15 is 0 Å². The number of rotatable bonds is 7. The molecule has 2 N–H and O–H groups in total. The van der Waals surface area contributed by atoms with Crippen LogP contribution in [0, 0.1) is 0 Å². The van der Waals surface area contributed by atoms with Crippen molar-refractivity contribution in [3.63, 3.8) is 0 Å². The largest absolute Gasteiger partial charge is 0.329 e. The van der Waals surface area contributed by atoms with Gasteiger partial charge >= 0.3 is 0 Å². The number of amides is 2. The third-order valence-electron chi connectivity index (χ3n) is 4.55. The van der Waals surface area contributed by atoms with Gasteiger partial charge in [-0.2, -0.15) is 0 Å². The SMILES string of the molecule is CCCN(CC(=O)Nc1ccc(Cl)cc1Cl)C(=O)c1ccc(-c2ccccc2)[nH]c1=O. The number of carbonyl (C=O) groups excluding carboxylic acids is 2. The standard InChI is InChI=1S/C23H21Cl2N3O3/c1-2-12-28(14-21(29)26-20-10-8-16(24)13-18(20)25)23(31)17-9-11-19(27-22(17)30)15-6-4-3-5-7-15/h3-11,13H,2,12,14H2,1H3,(H,26,29)(H,27,30). The molecule has 6 nitrogen and oxygen atoms in total. The number of hydrogen-bond acceptors (Lipinski definition) is 3. The van der Waals surface area contributed by atoms with Crippen LogP contribution in [-0.2, 0) is 4.79 Å². The summed E-state index contributed by atoms with van der Waals surface area (Å²) in [5, 5.41) is 3.41. The van der Waals surface area contributed by atoms with Gasteiger partial charge in [-0.05, 0) is 42.3 Å². The number of anilines is 1. The molecule has 31 heavy (non-hydrogen) atoms. The van der Waals surface area contributed by atoms with Crippen molar-refractivity contribution in [1.82, 2.24) is 9.88 Å². The van der Waals surface area contributed by atoms with Crippen molar-refractivity contribution in [2.24, 2.45) is 0 Å². The molecule has 0 radical (unpaired) electrons. The summed E-state index contributed by atoms with van der Waals surface area (Å²) < 4.78 is 0. The Morgan fingerprint density at radius 1 is 1.03 bits per heavy atom. The van der Waals surface area contributed by atoms with E-state index in [-0.39, 0.29) is 12.1 Å². The van der Waals surface area contributed by atoms with Gasteiger partial charge in [-0.15, -0.1) is 0 Å². The summed E-state index contributed by atoms with van der Waals surface area (Å²) in [6, 6.07) is 17.2. The molecule has 0 unspecified atom stereocenters. The highest BCUT2D eigenvalue weighted by molar-refractivity contribution is 6.36. The van der Waals surface area contributed by atoms with E-state index in [2.05, 4.69) is 10.3 Å². The maximum Gasteiger partial charge on any atom is 0.261 e. The van der Waals surface area contributed by atoms with Gasteiger partial charge < -0.3 is 15.2 Å². The van der Waals surface area contributed by atoms with Crippen molar-refractivity contribution in [3.8, 4) is 11.3 Å². The van der Waals surface area contributed by atoms with Gasteiger partial charge in [0.1, 0.15) is 12.1 Å². The molecule has 0 fully saturated rings. The highest BCUT2D eigenvalue weighted by atomic mass is 35.5. The number of halogens is 2. The molecule has 0 aliphatic carbocycles. The quantitative estimate of drug-likeness (QED) is 0.532. The Balaban J connectivity index is 1.77. The van der Waals surface area contributed by atoms with Crippen LogP contribution in [0.5, 0.6) is 0 Å². The van der Waals surface area contributed by atoms with Gasteiger partial charge in [0.15, 0.2) is 0 Å². The van der Waals surface area contributed by atoms with E-state index < -0.39 is 17.4 Å². The van der Waals surface area contributed by atoms with E-state index in [0.717, 1.165) is 5.56 Å². The van der Waals surface area contributed by atoms with Crippen LogP contribution in [0.2, 0.25) is 10.0 Å². The summed E-state index contributed by atoms with van der Waals surface area (Å²) in [7, 11) is 0. The fourth-order valence-electron chi connectivity index (χ4n) is 3.07. The number of benzene rings is 2. The van der Waals surface area contributed by atoms with Crippen molar-refractivity contribution in [2.45, 2.75) is 13.3 Å². The van der Waals surface area contributed by atoms with Crippen LogP contribution in [0.3, 0.4) is 0 Å². The van der Waals surface area contributed by atoms with E-state index in [4.69, 9.17) is 23.2 Å². The zero-order chi connectivity index (χ0) is 22.4. The molecule has 1 aromatic heterocycles. The number of hydrogen-bond donors (Lipinski definition) is 2. The first-order valence-corrected chi connectivity index (χ1v) is 10.5. The lowest BCUT2D eigenvalue weighted by Gasteiger charge is -2.21. The van der Waals surface area contributed by atoms with Gasteiger partial charge in [-0.3, -0.25) is 14.4 Å². The third-order valence-corrected chi connectivity index (χ3v) is 5.09. The second-order valence-electron chi connectivity index (χ2n) is 6.88. The van der Waals surface area contributed by atoms with Crippen LogP contribution < -0.4 is 10.9 Å². The van der Waals surface area contributed by atoms with E-state index in [1.54, 1.807) is 18.2 Å². The fourth-order valence-corrected chi connectivity index (χ4v) is 3.53. The summed E-state index contributed by atoms with van der Waals surface area (Å²) in [6.07, 6.45) is 0.626. The minimum atomic E-state index is -0.514. The molecule has 0 atom stereocenters. The van der Waals surface area contributed by atoms with Crippen LogP contribution in [-0.4, -0.2) is 34.8 Å². The van der Waals surface area contributed by atoms with Crippen molar-refractivity contribution in [1.29, 1.82) is 0 Å². The predicted octanol–water partition coefficient (Wildman–Crippen LogP) is 4.84. The lowest BCUT2D eigenvalue weighted by Crippen LogP contribution is -2.40. The average Bonchev–Trinajstić information content (AvgIpc) is 2.75. The van der Waals surface area contributed by atoms with Crippen LogP contribution in [0.4, 0.5) is 5.69 Å². The Morgan fingerprint density at radius 3 is 2.42 bits per heavy atom. The summed E-state index contributed by atoms with van der Waals surface area (Å²) in [5.74, 6) is -0.941. The predicted molar refractivity (Wildman–Crippen MR) is 124 cm³/mol. The van der Waals surface area contributed by atoms with Crippen molar-refractivity contribution >= 4 is 40.7 Å². The first kappa shape index (κ1) is 22.6. The Morgan fingerprint density at radius 2 is 1.77 bits per heavy atom. The van der Waals surface area contributed by atoms with Gasteiger partial charge in [0, 0.05) is 17.3 Å². The number of aromatic nitrogens is 1. The summed E-state index contributed by atoms with van der Waals surface area (Å²) in [4.78, 5) is 42.2. The molecule has 0 bridgehead atoms. The normalized spacial score (nSPS) is 10.5. The molecule has 3 rings (SSSR count). The van der Waals surface area contributed by atoms with Crippen LogP contribution in [0.25, 0.3) is 11.3 Å². The monoisotopic (exact) mass is 457 g/mol. The molecule has 0 aliphatic rings. The van der Waals surface area contributed by atoms with E-state index in [1.807, 2.05) is 37.3 Å². The van der Waals surface area contributed by atoms with Gasteiger partial charge in [-0.1, -0.05) is 60.5 Å². The molecule has 3 aromatic rings. The van der Waals surface area contributed by atoms with E-state index in [1.165, 1.54) is 17.0 Å². The summed E-state index contributed by atoms with van der Waals surface area (Å²) >= 11 is 12.0. The topological polar surface area (TPSA) is 82.3 Å². The number of nitrogens with one attached hydrogen (secondary N) is 2. The Kier molecular flexibility index (Phi) is 7.50. The molecule has 0 aliphatic heterocycles. The van der Waals surface area contributed by atoms with Gasteiger partial charge in [0.2, 0.25) is 5.91 Å². The smallest absolute Gasteiger partial charge is 0.261 e. The van der Waals surface area contributed by atoms with Crippen molar-refractivity contribution in [2.75, 3.05) is 18.4 Å². The number of carbonyl (C=O) groups is 2. The highest BCUT2D eigenvalue weighted by Crippen LogP contribution is 2.25. The number of nitrogens with zero attached hydrogens (tertiary/aromatic N) is 1. The molecule has 0 spiro atoms. The Labute approximate surface area is 189 Å². The summed E-state index contributed by atoms with van der Waals surface area (Å²) in [5.41, 5.74) is 1.31. The molecule has 0 saturated heterocycles. The van der Waals surface area contributed by atoms with Crippen molar-refractivity contribution in [3.05, 3.63) is 86.6 Å². The Bertz CT molecular complexity index is 1150. The molecule has 2 amide bonds. The zero-order valence-corrected chi connectivity index (χ0v) is 18.3. The molecule has 2 aromatic carbocycles. The second-order valence-corrected chi connectivity index (χ2v) is 7.72. The Hall–Kier alpha value is -3.09. The minimum Gasteiger partial charge on any atom is -0.329 e. The number of H-pyrrole nitrogens is 1. The fraction of sp³-hybridized carbons (Fsp3) is 0.174. The van der Waals surface area contributed by atoms with Gasteiger partial charge in [0.25, 0.3) is 11.5 Å². The van der Waals surface area contributed by atoms with Crippen LogP contribution >= 0.6 is 23.2 Å². The highest BCUT2D eigenvalue weighted by Gasteiger charge is 2.21. The van der Waals surface area contributed by atoms with Gasteiger partial charge in [-0.25, -0.2) is 0 Å². The molecule has 1 heterocycles. The zero-order valence-electron chi connectivity index (χ0n) is 16.8. The van der Waals surface area contributed by atoms with Crippen LogP contribution in [0.15, 0.2) is 65.5 Å². The molecular formula is C23H21Cl2N3O3. The first-order chi connectivity index (χ1) is 14.9. The maximum atomic E-state index is 13.0. The number of aromatic amines is 1. The van der Waals surface area contributed by atoms with Gasteiger partial charge in [0.05, 0.1) is 10.7 Å². The second kappa shape index (κ2) is 10.3. The first-order valence-electron chi connectivity index (χ1n) is 9.72. The maximum absolute atomic E-state index is 13.0. The number of pyridine rings is 1. The molecule has 0 saturated carbocycles.